The second-order valence-electron chi connectivity index (χ2n) is 7.51. The van der Waals surface area contributed by atoms with E-state index in [0.29, 0.717) is 30.1 Å². The summed E-state index contributed by atoms with van der Waals surface area (Å²) in [7, 11) is 0. The van der Waals surface area contributed by atoms with Crippen molar-refractivity contribution in [2.24, 2.45) is 0 Å². The first-order valence-corrected chi connectivity index (χ1v) is 9.30. The number of hydrogen-bond donors (Lipinski definition) is 1. The molecule has 1 unspecified atom stereocenters. The maximum Gasteiger partial charge on any atom is 0.345 e. The quantitative estimate of drug-likeness (QED) is 0.805. The van der Waals surface area contributed by atoms with E-state index in [0.717, 1.165) is 18.4 Å². The van der Waals surface area contributed by atoms with Crippen LogP contribution < -0.4 is 0 Å². The highest BCUT2D eigenvalue weighted by Crippen LogP contribution is 2.52. The lowest BCUT2D eigenvalue weighted by Gasteiger charge is -2.26. The third-order valence-electron chi connectivity index (χ3n) is 5.99. The molecule has 1 aliphatic carbocycles. The number of carbonyl (C=O) groups is 2. The first-order chi connectivity index (χ1) is 13.0. The lowest BCUT2D eigenvalue weighted by Crippen LogP contribution is -2.40. The summed E-state index contributed by atoms with van der Waals surface area (Å²) in [5.74, 6) is -0.841. The zero-order valence-corrected chi connectivity index (χ0v) is 15.2. The van der Waals surface area contributed by atoms with E-state index in [-0.39, 0.29) is 17.4 Å². The summed E-state index contributed by atoms with van der Waals surface area (Å²) in [5.41, 5.74) is 0.321. The maximum absolute atomic E-state index is 13.3. The van der Waals surface area contributed by atoms with E-state index in [1.54, 1.807) is 23.1 Å². The number of hydrogen-bond acceptors (Lipinski definition) is 5. The van der Waals surface area contributed by atoms with Gasteiger partial charge in [-0.1, -0.05) is 23.7 Å². The second-order valence-corrected chi connectivity index (χ2v) is 7.94. The molecule has 3 heterocycles. The molecule has 5 rings (SSSR count). The fraction of sp³-hybridized carbons (Fsp3) is 0.350. The van der Waals surface area contributed by atoms with Gasteiger partial charge in [-0.05, 0) is 36.6 Å². The van der Waals surface area contributed by atoms with Gasteiger partial charge in [0.25, 0.3) is 0 Å². The molecule has 3 aliphatic rings. The van der Waals surface area contributed by atoms with Gasteiger partial charge >= 0.3 is 5.97 Å². The number of amides is 1. The van der Waals surface area contributed by atoms with Gasteiger partial charge in [0.2, 0.25) is 11.8 Å². The zero-order valence-electron chi connectivity index (χ0n) is 14.4. The first-order valence-electron chi connectivity index (χ1n) is 8.92. The molecule has 1 saturated heterocycles. The maximum atomic E-state index is 13.3. The molecule has 1 atom stereocenters. The summed E-state index contributed by atoms with van der Waals surface area (Å²) in [5, 5.41) is 10.6. The molecule has 138 valence electrons. The fourth-order valence-corrected chi connectivity index (χ4v) is 4.52. The van der Waals surface area contributed by atoms with Gasteiger partial charge in [0.15, 0.2) is 5.60 Å². The topological polar surface area (TPSA) is 79.7 Å². The third kappa shape index (κ3) is 2.29. The first kappa shape index (κ1) is 16.6. The van der Waals surface area contributed by atoms with Gasteiger partial charge in [-0.15, -0.1) is 0 Å². The van der Waals surface area contributed by atoms with Crippen molar-refractivity contribution < 1.29 is 19.4 Å². The number of pyridine rings is 1. The Morgan fingerprint density at radius 2 is 1.93 bits per heavy atom. The van der Waals surface area contributed by atoms with Crippen LogP contribution in [-0.2, 0) is 20.5 Å². The Kier molecular flexibility index (Phi) is 3.35. The van der Waals surface area contributed by atoms with E-state index in [4.69, 9.17) is 16.3 Å². The number of esters is 1. The van der Waals surface area contributed by atoms with Crippen molar-refractivity contribution in [1.29, 1.82) is 0 Å². The molecule has 6 nitrogen and oxygen atoms in total. The summed E-state index contributed by atoms with van der Waals surface area (Å²) < 4.78 is 5.65. The molecule has 1 spiro atoms. The van der Waals surface area contributed by atoms with Crippen LogP contribution in [0.25, 0.3) is 0 Å². The minimum Gasteiger partial charge on any atom is -0.493 e. The Balaban J connectivity index is 1.44. The van der Waals surface area contributed by atoms with Gasteiger partial charge in [-0.25, -0.2) is 9.78 Å². The zero-order chi connectivity index (χ0) is 18.8. The van der Waals surface area contributed by atoms with E-state index >= 15 is 0 Å². The standard InChI is InChI=1S/C20H17ClN2O4/c21-13-3-1-12(2-4-13)19(6-7-19)18(26)23-10-8-20(11-23)14-5-9-22-16(24)15(14)17(25)27-20/h1-5,9H,6-8,10-11H2,(H,22,24). The number of benzene rings is 1. The molecule has 1 saturated carbocycles. The summed E-state index contributed by atoms with van der Waals surface area (Å²) in [6.45, 7) is 0.799. The van der Waals surface area contributed by atoms with Gasteiger partial charge in [-0.3, -0.25) is 4.79 Å². The molecule has 0 radical (unpaired) electrons. The van der Waals surface area contributed by atoms with E-state index < -0.39 is 17.0 Å². The van der Waals surface area contributed by atoms with E-state index in [1.165, 1.54) is 6.20 Å². The number of halogens is 1. The van der Waals surface area contributed by atoms with Gasteiger partial charge in [0, 0.05) is 29.7 Å². The molecular formula is C20H17ClN2O4. The van der Waals surface area contributed by atoms with Crippen LogP contribution >= 0.6 is 11.6 Å². The second kappa shape index (κ2) is 5.45. The molecule has 2 fully saturated rings. The molecule has 2 aromatic rings. The highest BCUT2D eigenvalue weighted by molar-refractivity contribution is 6.30. The van der Waals surface area contributed by atoms with Crippen molar-refractivity contribution in [3.05, 3.63) is 58.2 Å². The number of aromatic hydroxyl groups is 1. The van der Waals surface area contributed by atoms with Crippen LogP contribution in [-0.4, -0.2) is 40.0 Å². The number of likely N-dealkylation sites (tertiary alicyclic amines) is 1. The van der Waals surface area contributed by atoms with Gasteiger partial charge in [0.1, 0.15) is 5.56 Å². The average molecular weight is 385 g/mol. The van der Waals surface area contributed by atoms with Crippen LogP contribution in [0.2, 0.25) is 5.02 Å². The van der Waals surface area contributed by atoms with Gasteiger partial charge in [0.05, 0.1) is 12.0 Å². The number of fused-ring (bicyclic) bond motifs is 2. The summed E-state index contributed by atoms with van der Waals surface area (Å²) in [6.07, 6.45) is 3.58. The van der Waals surface area contributed by atoms with Crippen LogP contribution in [0.15, 0.2) is 36.5 Å². The lowest BCUT2D eigenvalue weighted by atomic mass is 9.92. The van der Waals surface area contributed by atoms with Crippen LogP contribution in [0.3, 0.4) is 0 Å². The summed E-state index contributed by atoms with van der Waals surface area (Å²) in [6, 6.07) is 9.13. The lowest BCUT2D eigenvalue weighted by molar-refractivity contribution is -0.134. The molecule has 1 aromatic heterocycles. The third-order valence-corrected chi connectivity index (χ3v) is 6.24. The van der Waals surface area contributed by atoms with Crippen molar-refractivity contribution in [1.82, 2.24) is 9.88 Å². The van der Waals surface area contributed by atoms with E-state index in [1.807, 2.05) is 12.1 Å². The number of aromatic nitrogens is 1. The van der Waals surface area contributed by atoms with Crippen LogP contribution in [0.4, 0.5) is 0 Å². The molecule has 7 heteroatoms. The molecule has 0 bridgehead atoms. The monoisotopic (exact) mass is 384 g/mol. The van der Waals surface area contributed by atoms with Gasteiger partial charge < -0.3 is 14.7 Å². The number of rotatable bonds is 2. The molecule has 1 aromatic carbocycles. The largest absolute Gasteiger partial charge is 0.493 e. The van der Waals surface area contributed by atoms with Crippen molar-refractivity contribution in [2.45, 2.75) is 30.3 Å². The van der Waals surface area contributed by atoms with Crippen molar-refractivity contribution in [3.8, 4) is 5.88 Å². The number of nitrogens with zero attached hydrogens (tertiary/aromatic N) is 2. The SMILES string of the molecule is O=C1OC2(CCN(C(=O)C3(c4ccc(Cl)cc4)CC3)C2)c2ccnc(O)c21. The summed E-state index contributed by atoms with van der Waals surface area (Å²) in [4.78, 5) is 31.1. The van der Waals surface area contributed by atoms with Crippen LogP contribution in [0.1, 0.15) is 40.7 Å². The minimum atomic E-state index is -0.890. The Hall–Kier alpha value is -2.60. The predicted octanol–water partition coefficient (Wildman–Crippen LogP) is 2.77. The van der Waals surface area contributed by atoms with Crippen molar-refractivity contribution >= 4 is 23.5 Å². The average Bonchev–Trinajstić information content (AvgIpc) is 3.28. The Morgan fingerprint density at radius 1 is 1.19 bits per heavy atom. The van der Waals surface area contributed by atoms with Gasteiger partial charge in [-0.2, -0.15) is 0 Å². The highest BCUT2D eigenvalue weighted by Gasteiger charge is 2.58. The molecular weight excluding hydrogens is 368 g/mol. The number of ether oxygens (including phenoxy) is 1. The minimum absolute atomic E-state index is 0.0597. The smallest absolute Gasteiger partial charge is 0.345 e. The Labute approximate surface area is 160 Å². The Bertz CT molecular complexity index is 970. The highest BCUT2D eigenvalue weighted by atomic mass is 35.5. The van der Waals surface area contributed by atoms with Crippen LogP contribution in [0.5, 0.6) is 5.88 Å². The molecule has 27 heavy (non-hydrogen) atoms. The predicted molar refractivity (Wildman–Crippen MR) is 96.6 cm³/mol. The van der Waals surface area contributed by atoms with E-state index in [9.17, 15) is 14.7 Å². The molecule has 1 N–H and O–H groups in total. The van der Waals surface area contributed by atoms with E-state index in [2.05, 4.69) is 4.98 Å². The van der Waals surface area contributed by atoms with Crippen LogP contribution in [0, 0.1) is 0 Å². The summed E-state index contributed by atoms with van der Waals surface area (Å²) >= 11 is 5.98. The molecule has 1 amide bonds. The fourth-order valence-electron chi connectivity index (χ4n) is 4.40. The Morgan fingerprint density at radius 3 is 2.63 bits per heavy atom. The number of carbonyl (C=O) groups excluding carboxylic acids is 2. The van der Waals surface area contributed by atoms with Crippen molar-refractivity contribution in [3.63, 3.8) is 0 Å². The normalized spacial score (nSPS) is 24.8. The van der Waals surface area contributed by atoms with Crippen molar-refractivity contribution in [2.75, 3.05) is 13.1 Å². The molecule has 2 aliphatic heterocycles.